The van der Waals surface area contributed by atoms with Gasteiger partial charge in [-0.2, -0.15) is 15.0 Å². The zero-order valence-electron chi connectivity index (χ0n) is 15.2. The number of nitrogen functional groups attached to an aromatic ring is 1. The van der Waals surface area contributed by atoms with Crippen molar-refractivity contribution >= 4 is 11.9 Å². The summed E-state index contributed by atoms with van der Waals surface area (Å²) in [5.41, 5.74) is 11.1. The highest BCUT2D eigenvalue weighted by molar-refractivity contribution is 5.78. The first-order chi connectivity index (χ1) is 12.5. The molecule has 26 heavy (non-hydrogen) atoms. The zero-order chi connectivity index (χ0) is 18.3. The fourth-order valence-electron chi connectivity index (χ4n) is 3.61. The average Bonchev–Trinajstić information content (AvgIpc) is 2.96. The van der Waals surface area contributed by atoms with E-state index in [-0.39, 0.29) is 12.0 Å². The SMILES string of the molecule is CN(C)c1nc(N)nc(CN(C)C2c3ccccc3-c3ccccc32)n1. The maximum Gasteiger partial charge on any atom is 0.229 e. The highest BCUT2D eigenvalue weighted by Gasteiger charge is 2.31. The number of fused-ring (bicyclic) bond motifs is 3. The van der Waals surface area contributed by atoms with Crippen LogP contribution >= 0.6 is 0 Å². The van der Waals surface area contributed by atoms with Crippen molar-refractivity contribution in [2.45, 2.75) is 12.6 Å². The Morgan fingerprint density at radius 2 is 1.42 bits per heavy atom. The van der Waals surface area contributed by atoms with Crippen LogP contribution in [-0.2, 0) is 6.54 Å². The van der Waals surface area contributed by atoms with Gasteiger partial charge in [-0.15, -0.1) is 0 Å². The van der Waals surface area contributed by atoms with Crippen LogP contribution in [0.2, 0.25) is 0 Å². The van der Waals surface area contributed by atoms with Gasteiger partial charge in [0, 0.05) is 14.1 Å². The van der Waals surface area contributed by atoms with E-state index in [9.17, 15) is 0 Å². The Balaban J connectivity index is 1.70. The first-order valence-corrected chi connectivity index (χ1v) is 8.61. The lowest BCUT2D eigenvalue weighted by Crippen LogP contribution is -2.26. The normalized spacial score (nSPS) is 12.9. The van der Waals surface area contributed by atoms with Crippen LogP contribution in [0.1, 0.15) is 23.0 Å². The third-order valence-corrected chi connectivity index (χ3v) is 4.72. The Morgan fingerprint density at radius 1 is 0.846 bits per heavy atom. The van der Waals surface area contributed by atoms with Gasteiger partial charge in [-0.3, -0.25) is 4.90 Å². The van der Waals surface area contributed by atoms with E-state index in [0.29, 0.717) is 18.3 Å². The van der Waals surface area contributed by atoms with Gasteiger partial charge in [0.15, 0.2) is 0 Å². The van der Waals surface area contributed by atoms with Gasteiger partial charge in [-0.05, 0) is 29.3 Å². The lowest BCUT2D eigenvalue weighted by Gasteiger charge is -2.26. The van der Waals surface area contributed by atoms with Crippen LogP contribution < -0.4 is 10.6 Å². The number of nitrogens with zero attached hydrogens (tertiary/aromatic N) is 5. The molecule has 0 saturated heterocycles. The summed E-state index contributed by atoms with van der Waals surface area (Å²) in [4.78, 5) is 17.1. The number of aromatic nitrogens is 3. The first kappa shape index (κ1) is 16.5. The van der Waals surface area contributed by atoms with Crippen LogP contribution in [0.5, 0.6) is 0 Å². The quantitative estimate of drug-likeness (QED) is 0.783. The summed E-state index contributed by atoms with van der Waals surface area (Å²) in [5.74, 6) is 1.50. The largest absolute Gasteiger partial charge is 0.368 e. The summed E-state index contributed by atoms with van der Waals surface area (Å²) in [7, 11) is 5.89. The molecule has 4 rings (SSSR count). The lowest BCUT2D eigenvalue weighted by molar-refractivity contribution is 0.267. The molecule has 3 aromatic rings. The Labute approximate surface area is 153 Å². The van der Waals surface area contributed by atoms with Crippen molar-refractivity contribution in [1.82, 2.24) is 19.9 Å². The first-order valence-electron chi connectivity index (χ1n) is 8.61. The molecular weight excluding hydrogens is 324 g/mol. The summed E-state index contributed by atoms with van der Waals surface area (Å²) in [5, 5.41) is 0. The molecular formula is C20H22N6. The van der Waals surface area contributed by atoms with Crippen molar-refractivity contribution in [3.8, 4) is 11.1 Å². The number of hydrogen-bond acceptors (Lipinski definition) is 6. The molecule has 2 N–H and O–H groups in total. The van der Waals surface area contributed by atoms with E-state index in [1.165, 1.54) is 22.3 Å². The molecule has 0 bridgehead atoms. The zero-order valence-corrected chi connectivity index (χ0v) is 15.2. The summed E-state index contributed by atoms with van der Waals surface area (Å²) >= 11 is 0. The molecule has 0 radical (unpaired) electrons. The third-order valence-electron chi connectivity index (χ3n) is 4.72. The minimum absolute atomic E-state index is 0.170. The van der Waals surface area contributed by atoms with E-state index in [4.69, 9.17) is 5.73 Å². The Kier molecular flexibility index (Phi) is 4.05. The van der Waals surface area contributed by atoms with E-state index in [1.54, 1.807) is 0 Å². The molecule has 0 unspecified atom stereocenters. The minimum atomic E-state index is 0.170. The third kappa shape index (κ3) is 2.78. The van der Waals surface area contributed by atoms with Crippen LogP contribution in [0.3, 0.4) is 0 Å². The second-order valence-corrected chi connectivity index (χ2v) is 6.80. The predicted octanol–water partition coefficient (Wildman–Crippen LogP) is 2.72. The van der Waals surface area contributed by atoms with E-state index in [0.717, 1.165) is 0 Å². The fraction of sp³-hybridized carbons (Fsp3) is 0.250. The predicted molar refractivity (Wildman–Crippen MR) is 104 cm³/mol. The molecule has 6 heteroatoms. The topological polar surface area (TPSA) is 71.2 Å². The van der Waals surface area contributed by atoms with E-state index in [1.807, 2.05) is 19.0 Å². The van der Waals surface area contributed by atoms with Crippen LogP contribution in [0.25, 0.3) is 11.1 Å². The Morgan fingerprint density at radius 3 is 2.00 bits per heavy atom. The summed E-state index contributed by atoms with van der Waals surface area (Å²) < 4.78 is 0. The van der Waals surface area contributed by atoms with Gasteiger partial charge in [0.05, 0.1) is 12.6 Å². The molecule has 2 aromatic carbocycles. The van der Waals surface area contributed by atoms with E-state index < -0.39 is 0 Å². The van der Waals surface area contributed by atoms with Crippen molar-refractivity contribution in [3.05, 3.63) is 65.5 Å². The molecule has 0 amide bonds. The number of hydrogen-bond donors (Lipinski definition) is 1. The van der Waals surface area contributed by atoms with Crippen molar-refractivity contribution in [2.75, 3.05) is 31.8 Å². The smallest absolute Gasteiger partial charge is 0.229 e. The minimum Gasteiger partial charge on any atom is -0.368 e. The van der Waals surface area contributed by atoms with Crippen LogP contribution in [0.4, 0.5) is 11.9 Å². The van der Waals surface area contributed by atoms with Gasteiger partial charge >= 0.3 is 0 Å². The second-order valence-electron chi connectivity index (χ2n) is 6.80. The Bertz CT molecular complexity index is 907. The monoisotopic (exact) mass is 346 g/mol. The van der Waals surface area contributed by atoms with Gasteiger partial charge in [0.1, 0.15) is 5.82 Å². The number of benzene rings is 2. The van der Waals surface area contributed by atoms with Crippen molar-refractivity contribution < 1.29 is 0 Å². The molecule has 0 saturated carbocycles. The molecule has 6 nitrogen and oxygen atoms in total. The highest BCUT2D eigenvalue weighted by atomic mass is 15.3. The maximum absolute atomic E-state index is 5.87. The molecule has 0 atom stereocenters. The van der Waals surface area contributed by atoms with Gasteiger partial charge in [0.25, 0.3) is 0 Å². The number of nitrogens with two attached hydrogens (primary N) is 1. The Hall–Kier alpha value is -2.99. The van der Waals surface area contributed by atoms with Crippen LogP contribution in [0.15, 0.2) is 48.5 Å². The highest BCUT2D eigenvalue weighted by Crippen LogP contribution is 2.45. The van der Waals surface area contributed by atoms with Gasteiger partial charge < -0.3 is 10.6 Å². The van der Waals surface area contributed by atoms with Crippen molar-refractivity contribution in [2.24, 2.45) is 0 Å². The van der Waals surface area contributed by atoms with Crippen molar-refractivity contribution in [1.29, 1.82) is 0 Å². The second kappa shape index (κ2) is 6.38. The van der Waals surface area contributed by atoms with Crippen molar-refractivity contribution in [3.63, 3.8) is 0 Å². The molecule has 0 spiro atoms. The summed E-state index contributed by atoms with van der Waals surface area (Å²) in [6.45, 7) is 0.584. The molecule has 1 aliphatic carbocycles. The summed E-state index contributed by atoms with van der Waals surface area (Å²) in [6, 6.07) is 17.3. The average molecular weight is 346 g/mol. The fourth-order valence-corrected chi connectivity index (χ4v) is 3.61. The van der Waals surface area contributed by atoms with Gasteiger partial charge in [-0.25, -0.2) is 0 Å². The standard InChI is InChI=1S/C20H22N6/c1-25(2)20-23-17(22-19(21)24-20)12-26(3)18-15-10-6-4-8-13(15)14-9-5-7-11-16(14)18/h4-11,18H,12H2,1-3H3,(H2,21,22,23,24). The van der Waals surface area contributed by atoms with Gasteiger partial charge in [-0.1, -0.05) is 48.5 Å². The van der Waals surface area contributed by atoms with Gasteiger partial charge in [0.2, 0.25) is 11.9 Å². The van der Waals surface area contributed by atoms with Crippen LogP contribution in [-0.4, -0.2) is 41.0 Å². The molecule has 0 fully saturated rings. The molecule has 0 aliphatic heterocycles. The molecule has 1 aromatic heterocycles. The van der Waals surface area contributed by atoms with Crippen LogP contribution in [0, 0.1) is 0 Å². The molecule has 1 aliphatic rings. The molecule has 132 valence electrons. The maximum atomic E-state index is 5.87. The number of rotatable bonds is 4. The van der Waals surface area contributed by atoms with E-state index >= 15 is 0 Å². The molecule has 1 heterocycles. The lowest BCUT2D eigenvalue weighted by atomic mass is 10.0. The van der Waals surface area contributed by atoms with E-state index in [2.05, 4.69) is 75.4 Å². The number of anilines is 2. The summed E-state index contributed by atoms with van der Waals surface area (Å²) in [6.07, 6.45) is 0.